The van der Waals surface area contributed by atoms with Crippen LogP contribution in [0.25, 0.3) is 11.4 Å². The van der Waals surface area contributed by atoms with E-state index in [4.69, 9.17) is 11.6 Å². The molecule has 3 amide bonds. The van der Waals surface area contributed by atoms with Gasteiger partial charge < -0.3 is 25.1 Å². The second-order valence-corrected chi connectivity index (χ2v) is 13.8. The summed E-state index contributed by atoms with van der Waals surface area (Å²) in [6.07, 6.45) is -2.17. The maximum atomic E-state index is 14.0. The van der Waals surface area contributed by atoms with Gasteiger partial charge in [-0.1, -0.05) is 41.9 Å². The molecule has 0 unspecified atom stereocenters. The van der Waals surface area contributed by atoms with Crippen LogP contribution in [-0.2, 0) is 17.4 Å². The van der Waals surface area contributed by atoms with E-state index in [0.717, 1.165) is 37.6 Å². The normalized spacial score (nSPS) is 19.5. The number of hydrogen-bond acceptors (Lipinski definition) is 7. The van der Waals surface area contributed by atoms with E-state index in [1.165, 1.54) is 15.6 Å². The van der Waals surface area contributed by atoms with Crippen molar-refractivity contribution in [1.82, 2.24) is 39.7 Å². The number of halogens is 4. The fraction of sp³-hybridized carbons (Fsp3) is 0.529. The van der Waals surface area contributed by atoms with Crippen LogP contribution in [0.2, 0.25) is 5.02 Å². The standard InChI is InChI=1S/C34H42ClF3N8O4/c1-42-11-7-24(8-12-42)43-15-17-44(18-16-43)31(48)28(21-22-19-26(34(36,37)38)29(47)27(35)20-22)39-32(49)45-13-9-25(10-14-45)46-33(50)40-30(41-46)23-5-3-2-4-6-23/h2-6,19-20,24-25,28,47H,7-18,21H2,1H3,(H,39,49)(H,40,41,50)/t28-/m1/s1. The second-order valence-electron chi connectivity index (χ2n) is 13.4. The lowest BCUT2D eigenvalue weighted by molar-refractivity contribution is -0.138. The number of aromatic hydroxyl groups is 1. The monoisotopic (exact) mass is 718 g/mol. The van der Waals surface area contributed by atoms with Crippen LogP contribution in [-0.4, -0.2) is 123 Å². The Morgan fingerprint density at radius 2 is 1.60 bits per heavy atom. The molecule has 6 rings (SSSR count). The van der Waals surface area contributed by atoms with Gasteiger partial charge in [-0.25, -0.2) is 14.3 Å². The highest BCUT2D eigenvalue weighted by molar-refractivity contribution is 6.32. The molecular weight excluding hydrogens is 677 g/mol. The number of hydrogen-bond donors (Lipinski definition) is 3. The van der Waals surface area contributed by atoms with Crippen molar-refractivity contribution < 1.29 is 27.9 Å². The predicted octanol–water partition coefficient (Wildman–Crippen LogP) is 3.81. The molecule has 0 bridgehead atoms. The van der Waals surface area contributed by atoms with Crippen LogP contribution in [0.1, 0.15) is 42.9 Å². The van der Waals surface area contributed by atoms with E-state index < -0.39 is 40.5 Å². The van der Waals surface area contributed by atoms with Crippen LogP contribution in [0.3, 0.4) is 0 Å². The van der Waals surface area contributed by atoms with Crippen LogP contribution < -0.4 is 11.0 Å². The number of amides is 3. The molecule has 0 radical (unpaired) electrons. The number of rotatable bonds is 7. The highest BCUT2D eigenvalue weighted by atomic mass is 35.5. The molecule has 3 aliphatic rings. The first-order valence-electron chi connectivity index (χ1n) is 17.0. The maximum absolute atomic E-state index is 14.0. The number of likely N-dealkylation sites (tertiary alicyclic amines) is 2. The first-order valence-corrected chi connectivity index (χ1v) is 17.3. The number of H-pyrrole nitrogens is 1. The Morgan fingerprint density at radius 3 is 2.24 bits per heavy atom. The van der Waals surface area contributed by atoms with Crippen molar-refractivity contribution in [2.24, 2.45) is 0 Å². The number of piperazine rings is 1. The third-order valence-corrected chi connectivity index (χ3v) is 10.4. The zero-order chi connectivity index (χ0) is 35.6. The van der Waals surface area contributed by atoms with Gasteiger partial charge in [0.2, 0.25) is 5.91 Å². The Morgan fingerprint density at radius 1 is 0.960 bits per heavy atom. The summed E-state index contributed by atoms with van der Waals surface area (Å²) in [7, 11) is 2.10. The van der Waals surface area contributed by atoms with Gasteiger partial charge in [0.05, 0.1) is 16.6 Å². The van der Waals surface area contributed by atoms with Crippen molar-refractivity contribution in [3.05, 3.63) is 69.1 Å². The number of carbonyl (C=O) groups excluding carboxylic acids is 2. The Kier molecular flexibility index (Phi) is 10.7. The number of nitrogens with zero attached hydrogens (tertiary/aromatic N) is 6. The number of aromatic nitrogens is 3. The van der Waals surface area contributed by atoms with Crippen molar-refractivity contribution in [1.29, 1.82) is 0 Å². The van der Waals surface area contributed by atoms with Crippen molar-refractivity contribution in [3.8, 4) is 17.1 Å². The second kappa shape index (κ2) is 15.0. The molecule has 1 atom stereocenters. The summed E-state index contributed by atoms with van der Waals surface area (Å²) in [6, 6.07) is 9.68. The molecule has 50 heavy (non-hydrogen) atoms. The molecule has 16 heteroatoms. The zero-order valence-electron chi connectivity index (χ0n) is 27.8. The third-order valence-electron chi connectivity index (χ3n) is 10.1. The fourth-order valence-electron chi connectivity index (χ4n) is 7.18. The lowest BCUT2D eigenvalue weighted by atomic mass is 10.00. The minimum absolute atomic E-state index is 0.0505. The molecule has 3 fully saturated rings. The van der Waals surface area contributed by atoms with Crippen LogP contribution in [0, 0.1) is 0 Å². The number of carbonyl (C=O) groups is 2. The van der Waals surface area contributed by atoms with E-state index in [-0.39, 0.29) is 36.8 Å². The van der Waals surface area contributed by atoms with Gasteiger partial charge in [0.15, 0.2) is 5.82 Å². The lowest BCUT2D eigenvalue weighted by Crippen LogP contribution is -2.59. The first kappa shape index (κ1) is 35.7. The van der Waals surface area contributed by atoms with Gasteiger partial charge in [0.25, 0.3) is 0 Å². The first-order chi connectivity index (χ1) is 23.9. The van der Waals surface area contributed by atoms with Gasteiger partial charge in [0.1, 0.15) is 11.8 Å². The largest absolute Gasteiger partial charge is 0.506 e. The van der Waals surface area contributed by atoms with E-state index in [9.17, 15) is 32.7 Å². The van der Waals surface area contributed by atoms with Crippen LogP contribution in [0.4, 0.5) is 18.0 Å². The summed E-state index contributed by atoms with van der Waals surface area (Å²) in [5, 5.41) is 16.8. The Balaban J connectivity index is 1.14. The summed E-state index contributed by atoms with van der Waals surface area (Å²) in [5.74, 6) is -1.03. The molecule has 3 aliphatic heterocycles. The minimum Gasteiger partial charge on any atom is -0.506 e. The number of alkyl halides is 3. The van der Waals surface area contributed by atoms with Crippen molar-refractivity contribution in [2.45, 2.75) is 56.4 Å². The number of piperidine rings is 2. The summed E-state index contributed by atoms with van der Waals surface area (Å²) in [5.41, 5.74) is -0.833. The predicted molar refractivity (Wildman–Crippen MR) is 181 cm³/mol. The number of phenolic OH excluding ortho intramolecular Hbond substituents is 1. The van der Waals surface area contributed by atoms with E-state index in [2.05, 4.69) is 32.2 Å². The number of phenols is 1. The molecule has 4 heterocycles. The molecule has 0 saturated carbocycles. The SMILES string of the molecule is CN1CCC(N2CCN(C(=O)[C@@H](Cc3cc(Cl)c(O)c(C(F)(F)F)c3)NC(=O)N3CCC(n4nc(-c5ccccc5)[nH]c4=O)CC3)CC2)CC1. The van der Waals surface area contributed by atoms with E-state index in [1.807, 2.05) is 30.3 Å². The average Bonchev–Trinajstić information content (AvgIpc) is 3.50. The van der Waals surface area contributed by atoms with Gasteiger partial charge in [-0.3, -0.25) is 14.7 Å². The maximum Gasteiger partial charge on any atom is 0.420 e. The van der Waals surface area contributed by atoms with Crippen LogP contribution in [0.15, 0.2) is 47.3 Å². The number of urea groups is 1. The topological polar surface area (TPSA) is 130 Å². The molecule has 3 N–H and O–H groups in total. The number of nitrogens with one attached hydrogen (secondary N) is 2. The molecule has 1 aromatic heterocycles. The Hall–Kier alpha value is -4.08. The van der Waals surface area contributed by atoms with Crippen molar-refractivity contribution >= 4 is 23.5 Å². The highest BCUT2D eigenvalue weighted by Crippen LogP contribution is 2.40. The lowest BCUT2D eigenvalue weighted by Gasteiger charge is -2.43. The summed E-state index contributed by atoms with van der Waals surface area (Å²) >= 11 is 5.99. The molecule has 3 aromatic rings. The van der Waals surface area contributed by atoms with E-state index >= 15 is 0 Å². The van der Waals surface area contributed by atoms with Gasteiger partial charge in [0, 0.05) is 57.3 Å². The smallest absolute Gasteiger partial charge is 0.420 e. The quantitative estimate of drug-likeness (QED) is 0.339. The average molecular weight is 719 g/mol. The van der Waals surface area contributed by atoms with Crippen molar-refractivity contribution in [2.75, 3.05) is 59.4 Å². The molecule has 270 valence electrons. The molecule has 3 saturated heterocycles. The zero-order valence-corrected chi connectivity index (χ0v) is 28.6. The Labute approximate surface area is 292 Å². The highest BCUT2D eigenvalue weighted by Gasteiger charge is 2.37. The van der Waals surface area contributed by atoms with Crippen LogP contribution >= 0.6 is 11.6 Å². The molecule has 12 nitrogen and oxygen atoms in total. The third kappa shape index (κ3) is 8.10. The summed E-state index contributed by atoms with van der Waals surface area (Å²) in [6.45, 7) is 4.75. The number of aromatic amines is 1. The van der Waals surface area contributed by atoms with E-state index in [0.29, 0.717) is 50.9 Å². The van der Waals surface area contributed by atoms with E-state index in [1.54, 1.807) is 4.90 Å². The fourth-order valence-corrected chi connectivity index (χ4v) is 7.42. The van der Waals surface area contributed by atoms with Crippen molar-refractivity contribution in [3.63, 3.8) is 0 Å². The summed E-state index contributed by atoms with van der Waals surface area (Å²) < 4.78 is 42.6. The van der Waals surface area contributed by atoms with Gasteiger partial charge in [-0.05, 0) is 63.5 Å². The van der Waals surface area contributed by atoms with Gasteiger partial charge >= 0.3 is 17.9 Å². The molecule has 0 spiro atoms. The Bertz CT molecular complexity index is 1710. The van der Waals surface area contributed by atoms with Gasteiger partial charge in [-0.2, -0.15) is 13.2 Å². The summed E-state index contributed by atoms with van der Waals surface area (Å²) in [4.78, 5) is 51.0. The molecule has 2 aromatic carbocycles. The number of benzene rings is 2. The van der Waals surface area contributed by atoms with Gasteiger partial charge in [-0.15, -0.1) is 5.10 Å². The van der Waals surface area contributed by atoms with Crippen LogP contribution in [0.5, 0.6) is 5.75 Å². The molecular formula is C34H42ClF3N8O4. The minimum atomic E-state index is -4.88. The molecule has 0 aliphatic carbocycles.